The van der Waals surface area contributed by atoms with Crippen LogP contribution in [0.5, 0.6) is 0 Å². The lowest BCUT2D eigenvalue weighted by molar-refractivity contribution is 0.103. The molecule has 0 radical (unpaired) electrons. The highest BCUT2D eigenvalue weighted by Crippen LogP contribution is 2.52. The Morgan fingerprint density at radius 1 is 1.19 bits per heavy atom. The second-order valence-corrected chi connectivity index (χ2v) is 6.88. The molecule has 1 aromatic heterocycles. The van der Waals surface area contributed by atoms with Crippen LogP contribution >= 0.6 is 23.1 Å². The van der Waals surface area contributed by atoms with Crippen LogP contribution in [0.3, 0.4) is 0 Å². The minimum absolute atomic E-state index is 0.0841. The maximum Gasteiger partial charge on any atom is 0.204 e. The van der Waals surface area contributed by atoms with Gasteiger partial charge >= 0.3 is 0 Å². The average Bonchev–Trinajstić information content (AvgIpc) is 3.12. The zero-order valence-electron chi connectivity index (χ0n) is 10.7. The van der Waals surface area contributed by atoms with E-state index in [-0.39, 0.29) is 22.6 Å². The van der Waals surface area contributed by atoms with Crippen molar-refractivity contribution in [1.82, 2.24) is 0 Å². The summed E-state index contributed by atoms with van der Waals surface area (Å²) >= 11 is 2.64. The van der Waals surface area contributed by atoms with E-state index in [1.54, 1.807) is 35.7 Å². The second-order valence-electron chi connectivity index (χ2n) is 4.81. The smallest absolute Gasteiger partial charge is 0.204 e. The van der Waals surface area contributed by atoms with Crippen molar-refractivity contribution in [3.05, 3.63) is 74.1 Å². The number of aliphatic hydroxyl groups is 1. The Balaban J connectivity index is 1.84. The Hall–Kier alpha value is -1.85. The summed E-state index contributed by atoms with van der Waals surface area (Å²) in [5.41, 5.74) is 1.60. The fourth-order valence-corrected chi connectivity index (χ4v) is 4.72. The Kier molecular flexibility index (Phi) is 2.80. The van der Waals surface area contributed by atoms with Gasteiger partial charge < -0.3 is 5.11 Å². The number of hydrogen-bond acceptors (Lipinski definition) is 4. The van der Waals surface area contributed by atoms with Crippen molar-refractivity contribution in [2.75, 3.05) is 0 Å². The summed E-state index contributed by atoms with van der Waals surface area (Å²) in [5, 5.41) is 11.9. The highest BCUT2D eigenvalue weighted by Gasteiger charge is 2.37. The van der Waals surface area contributed by atoms with Gasteiger partial charge in [0.2, 0.25) is 5.78 Å². The fraction of sp³-hybridized carbons (Fsp3) is 0.0625. The van der Waals surface area contributed by atoms with E-state index >= 15 is 0 Å². The number of fused-ring (bicyclic) bond motifs is 2. The van der Waals surface area contributed by atoms with Gasteiger partial charge in [-0.15, -0.1) is 23.1 Å². The Labute approximate surface area is 128 Å². The fourth-order valence-electron chi connectivity index (χ4n) is 2.59. The van der Waals surface area contributed by atoms with Crippen molar-refractivity contribution in [3.63, 3.8) is 0 Å². The molecule has 104 valence electrons. The molecule has 0 fully saturated rings. The summed E-state index contributed by atoms with van der Waals surface area (Å²) in [6.07, 6.45) is 1.75. The summed E-state index contributed by atoms with van der Waals surface area (Å²) in [4.78, 5) is 13.6. The first-order valence-electron chi connectivity index (χ1n) is 6.36. The molecule has 2 nitrogen and oxygen atoms in total. The Morgan fingerprint density at radius 2 is 2.00 bits per heavy atom. The number of halogens is 1. The monoisotopic (exact) mass is 316 g/mol. The highest BCUT2D eigenvalue weighted by molar-refractivity contribution is 8.04. The minimum atomic E-state index is -0.298. The van der Waals surface area contributed by atoms with E-state index < -0.39 is 0 Å². The maximum absolute atomic E-state index is 13.9. The molecule has 1 atom stereocenters. The number of thiophene rings is 1. The predicted octanol–water partition coefficient (Wildman–Crippen LogP) is 4.72. The lowest BCUT2D eigenvalue weighted by atomic mass is 9.97. The summed E-state index contributed by atoms with van der Waals surface area (Å²) < 4.78 is 13.9. The molecule has 1 unspecified atom stereocenters. The molecule has 0 amide bonds. The van der Waals surface area contributed by atoms with Gasteiger partial charge in [0.25, 0.3) is 0 Å². The van der Waals surface area contributed by atoms with E-state index in [2.05, 4.69) is 0 Å². The number of benzene rings is 1. The van der Waals surface area contributed by atoms with Gasteiger partial charge in [0.1, 0.15) is 11.6 Å². The number of allylic oxidation sites excluding steroid dienone is 1. The molecule has 2 aromatic rings. The zero-order chi connectivity index (χ0) is 14.6. The number of hydrogen-bond donors (Lipinski definition) is 1. The van der Waals surface area contributed by atoms with Crippen molar-refractivity contribution < 1.29 is 14.3 Å². The quantitative estimate of drug-likeness (QED) is 0.827. The number of aliphatic hydroxyl groups excluding tert-OH is 1. The molecule has 0 saturated carbocycles. The third-order valence-corrected chi connectivity index (χ3v) is 5.81. The van der Waals surface area contributed by atoms with Crippen molar-refractivity contribution in [2.24, 2.45) is 0 Å². The van der Waals surface area contributed by atoms with Gasteiger partial charge in [-0.1, -0.05) is 24.3 Å². The number of rotatable bonds is 1. The second kappa shape index (κ2) is 4.58. The molecule has 2 heterocycles. The van der Waals surface area contributed by atoms with Crippen LogP contribution in [0.2, 0.25) is 0 Å². The summed E-state index contributed by atoms with van der Waals surface area (Å²) in [7, 11) is 0. The van der Waals surface area contributed by atoms with E-state index in [0.717, 1.165) is 0 Å². The van der Waals surface area contributed by atoms with Gasteiger partial charge in [0, 0.05) is 16.7 Å². The van der Waals surface area contributed by atoms with Crippen LogP contribution in [0.25, 0.3) is 5.76 Å². The number of carbonyl (C=O) groups is 1. The topological polar surface area (TPSA) is 37.3 Å². The molecule has 0 bridgehead atoms. The van der Waals surface area contributed by atoms with Gasteiger partial charge in [-0.25, -0.2) is 4.39 Å². The molecule has 4 rings (SSSR count). The largest absolute Gasteiger partial charge is 0.506 e. The molecular weight excluding hydrogens is 307 g/mol. The van der Waals surface area contributed by atoms with Crippen molar-refractivity contribution in [3.8, 4) is 0 Å². The minimum Gasteiger partial charge on any atom is -0.506 e. The van der Waals surface area contributed by atoms with Crippen molar-refractivity contribution >= 4 is 34.6 Å². The Morgan fingerprint density at radius 3 is 2.81 bits per heavy atom. The molecule has 21 heavy (non-hydrogen) atoms. The summed E-state index contributed by atoms with van der Waals surface area (Å²) in [6, 6.07) is 8.26. The van der Waals surface area contributed by atoms with Crippen LogP contribution in [0, 0.1) is 5.82 Å². The lowest BCUT2D eigenvalue weighted by Gasteiger charge is -2.14. The molecule has 2 aliphatic rings. The van der Waals surface area contributed by atoms with Crippen molar-refractivity contribution in [1.29, 1.82) is 0 Å². The number of carbonyl (C=O) groups excluding carboxylic acids is 1. The van der Waals surface area contributed by atoms with E-state index in [0.29, 0.717) is 26.5 Å². The van der Waals surface area contributed by atoms with Crippen LogP contribution in [0.15, 0.2) is 52.3 Å². The number of ketones is 1. The molecule has 1 aromatic carbocycles. The van der Waals surface area contributed by atoms with Crippen LogP contribution < -0.4 is 0 Å². The first-order chi connectivity index (χ1) is 10.2. The number of Topliss-reactive ketones (excluding diaryl/α,β-unsaturated/α-hetero) is 1. The van der Waals surface area contributed by atoms with Crippen LogP contribution in [-0.2, 0) is 0 Å². The number of thioether (sulfide) groups is 1. The van der Waals surface area contributed by atoms with Gasteiger partial charge in [-0.05, 0) is 17.5 Å². The normalized spacial score (nSPS) is 20.3. The van der Waals surface area contributed by atoms with Crippen molar-refractivity contribution in [2.45, 2.75) is 5.25 Å². The van der Waals surface area contributed by atoms with Gasteiger partial charge in [0.05, 0.1) is 15.0 Å². The van der Waals surface area contributed by atoms with Crippen LogP contribution in [0.4, 0.5) is 4.39 Å². The Bertz CT molecular complexity index is 832. The molecule has 0 saturated heterocycles. The first kappa shape index (κ1) is 12.9. The van der Waals surface area contributed by atoms with Crippen LogP contribution in [-0.4, -0.2) is 10.9 Å². The predicted molar refractivity (Wildman–Crippen MR) is 83.0 cm³/mol. The molecule has 1 aliphatic carbocycles. The third-order valence-electron chi connectivity index (χ3n) is 3.61. The molecule has 1 aliphatic heterocycles. The van der Waals surface area contributed by atoms with E-state index in [9.17, 15) is 14.3 Å². The van der Waals surface area contributed by atoms with E-state index in [1.165, 1.54) is 29.2 Å². The molecular formula is C16H9FO2S2. The summed E-state index contributed by atoms with van der Waals surface area (Å²) in [6.45, 7) is 0. The maximum atomic E-state index is 13.9. The van der Waals surface area contributed by atoms with Gasteiger partial charge in [0.15, 0.2) is 0 Å². The van der Waals surface area contributed by atoms with Gasteiger partial charge in [-0.3, -0.25) is 4.79 Å². The lowest BCUT2D eigenvalue weighted by Crippen LogP contribution is -2.09. The zero-order valence-corrected chi connectivity index (χ0v) is 12.3. The van der Waals surface area contributed by atoms with Gasteiger partial charge in [-0.2, -0.15) is 0 Å². The standard InChI is InChI=1S/C16H9FO2S2/c17-11-4-2-1-3-8(11)12-7-10-14(19)15-9(5-6-20-15)13(18)16(10)21-12/h1-7,12,18H. The SMILES string of the molecule is O=C1C2=CC(c3ccccc3F)SC2=C(O)c2ccsc21. The average molecular weight is 316 g/mol. The van der Waals surface area contributed by atoms with Crippen LogP contribution in [0.1, 0.15) is 26.0 Å². The summed E-state index contributed by atoms with van der Waals surface area (Å²) in [5.74, 6) is -0.257. The first-order valence-corrected chi connectivity index (χ1v) is 8.12. The molecule has 5 heteroatoms. The third kappa shape index (κ3) is 1.81. The van der Waals surface area contributed by atoms with E-state index in [4.69, 9.17) is 0 Å². The molecule has 1 N–H and O–H groups in total. The molecule has 0 spiro atoms. The van der Waals surface area contributed by atoms with E-state index in [1.807, 2.05) is 0 Å². The highest BCUT2D eigenvalue weighted by atomic mass is 32.2.